The van der Waals surface area contributed by atoms with Crippen LogP contribution in [0.2, 0.25) is 0 Å². The average Bonchev–Trinajstić information content (AvgIpc) is 3.39. The number of hydrogen-bond donors (Lipinski definition) is 1. The molecule has 1 aromatic heterocycles. The van der Waals surface area contributed by atoms with Crippen molar-refractivity contribution in [2.45, 2.75) is 35.9 Å². The van der Waals surface area contributed by atoms with E-state index in [0.29, 0.717) is 19.6 Å². The Morgan fingerprint density at radius 1 is 1.19 bits per heavy atom. The first-order valence-electron chi connectivity index (χ1n) is 10.4. The molecule has 5 rings (SSSR count). The first kappa shape index (κ1) is 20.4. The van der Waals surface area contributed by atoms with Gasteiger partial charge in [-0.1, -0.05) is 36.4 Å². The predicted molar refractivity (Wildman–Crippen MR) is 115 cm³/mol. The molecular formula is C23H25FN4O2S. The Labute approximate surface area is 181 Å². The summed E-state index contributed by atoms with van der Waals surface area (Å²) in [7, 11) is -1.93. The second-order valence-corrected chi connectivity index (χ2v) is 10.4. The van der Waals surface area contributed by atoms with Gasteiger partial charge in [0.2, 0.25) is 0 Å². The van der Waals surface area contributed by atoms with Crippen LogP contribution in [-0.4, -0.2) is 40.9 Å². The zero-order valence-corrected chi connectivity index (χ0v) is 18.1. The molecule has 6 nitrogen and oxygen atoms in total. The Kier molecular flexibility index (Phi) is 4.96. The number of fused-ring (bicyclic) bond motifs is 3. The average molecular weight is 441 g/mol. The lowest BCUT2D eigenvalue weighted by Crippen LogP contribution is -2.53. The number of imidazole rings is 1. The fraction of sp³-hybridized carbons (Fsp3) is 0.348. The van der Waals surface area contributed by atoms with Crippen molar-refractivity contribution < 1.29 is 12.8 Å². The van der Waals surface area contributed by atoms with Gasteiger partial charge < -0.3 is 9.88 Å². The number of aromatic nitrogens is 2. The van der Waals surface area contributed by atoms with E-state index < -0.39 is 10.0 Å². The second-order valence-electron chi connectivity index (χ2n) is 8.56. The first-order chi connectivity index (χ1) is 14.9. The van der Waals surface area contributed by atoms with E-state index in [0.717, 1.165) is 18.4 Å². The maximum Gasteiger partial charge on any atom is 0.262 e. The zero-order valence-electron chi connectivity index (χ0n) is 17.3. The minimum Gasteiger partial charge on any atom is -0.339 e. The van der Waals surface area contributed by atoms with Crippen molar-refractivity contribution in [1.29, 1.82) is 0 Å². The highest BCUT2D eigenvalue weighted by Gasteiger charge is 2.52. The van der Waals surface area contributed by atoms with Gasteiger partial charge in [-0.05, 0) is 41.7 Å². The van der Waals surface area contributed by atoms with E-state index in [4.69, 9.17) is 0 Å². The van der Waals surface area contributed by atoms with Crippen molar-refractivity contribution in [2.24, 2.45) is 7.05 Å². The van der Waals surface area contributed by atoms with Gasteiger partial charge in [-0.3, -0.25) is 0 Å². The molecule has 1 aliphatic heterocycles. The molecule has 2 aromatic carbocycles. The van der Waals surface area contributed by atoms with Crippen LogP contribution in [0.3, 0.4) is 0 Å². The molecule has 2 unspecified atom stereocenters. The minimum atomic E-state index is -3.69. The Morgan fingerprint density at radius 3 is 2.71 bits per heavy atom. The maximum atomic E-state index is 13.3. The zero-order chi connectivity index (χ0) is 21.6. The van der Waals surface area contributed by atoms with E-state index in [9.17, 15) is 12.8 Å². The van der Waals surface area contributed by atoms with Gasteiger partial charge in [-0.15, -0.1) is 0 Å². The summed E-state index contributed by atoms with van der Waals surface area (Å²) in [6, 6.07) is 14.7. The third kappa shape index (κ3) is 3.58. The fourth-order valence-corrected chi connectivity index (χ4v) is 6.45. The highest BCUT2D eigenvalue weighted by atomic mass is 32.2. The van der Waals surface area contributed by atoms with E-state index in [1.807, 2.05) is 12.1 Å². The normalized spacial score (nSPS) is 23.5. The predicted octanol–water partition coefficient (Wildman–Crippen LogP) is 2.82. The Bertz CT molecular complexity index is 1210. The molecule has 1 N–H and O–H groups in total. The lowest BCUT2D eigenvalue weighted by atomic mass is 9.71. The molecule has 3 aromatic rings. The molecule has 2 atom stereocenters. The van der Waals surface area contributed by atoms with Gasteiger partial charge in [0.15, 0.2) is 5.03 Å². The van der Waals surface area contributed by atoms with E-state index >= 15 is 0 Å². The van der Waals surface area contributed by atoms with E-state index in [-0.39, 0.29) is 22.3 Å². The van der Waals surface area contributed by atoms with Crippen LogP contribution in [-0.2, 0) is 30.0 Å². The number of rotatable bonds is 5. The van der Waals surface area contributed by atoms with Gasteiger partial charge in [-0.2, -0.15) is 4.31 Å². The van der Waals surface area contributed by atoms with Gasteiger partial charge in [0.05, 0.1) is 6.33 Å². The molecule has 1 saturated heterocycles. The maximum absolute atomic E-state index is 13.3. The van der Waals surface area contributed by atoms with Crippen LogP contribution in [0.25, 0.3) is 0 Å². The number of nitrogens with one attached hydrogen (secondary N) is 1. The Hall–Kier alpha value is -2.55. The van der Waals surface area contributed by atoms with Gasteiger partial charge in [0, 0.05) is 44.3 Å². The number of aryl methyl sites for hydroxylation is 2. The van der Waals surface area contributed by atoms with Gasteiger partial charge in [0.25, 0.3) is 10.0 Å². The lowest BCUT2D eigenvalue weighted by molar-refractivity contribution is 0.273. The number of nitrogens with zero attached hydrogens (tertiary/aromatic N) is 3. The summed E-state index contributed by atoms with van der Waals surface area (Å²) in [5, 5.41) is 3.76. The summed E-state index contributed by atoms with van der Waals surface area (Å²) in [6.45, 7) is 1.34. The van der Waals surface area contributed by atoms with Crippen LogP contribution in [0.4, 0.5) is 4.39 Å². The first-order valence-corrected chi connectivity index (χ1v) is 11.9. The largest absolute Gasteiger partial charge is 0.339 e. The molecular weight excluding hydrogens is 415 g/mol. The standard InChI is InChI=1S/C23H25FN4O2S/c1-27-14-22(25-16-27)31(29,30)28-13-21-20-5-3-2-4-18(20)10-11-23(21,15-28)26-12-17-6-8-19(24)9-7-17/h2-9,14,16,21,26H,10-13,15H2,1H3. The molecule has 162 valence electrons. The molecule has 31 heavy (non-hydrogen) atoms. The van der Waals surface area contributed by atoms with Crippen molar-refractivity contribution in [2.75, 3.05) is 13.1 Å². The molecule has 1 aliphatic carbocycles. The highest BCUT2D eigenvalue weighted by molar-refractivity contribution is 7.89. The van der Waals surface area contributed by atoms with Crippen molar-refractivity contribution in [3.8, 4) is 0 Å². The SMILES string of the molecule is Cn1cnc(S(=O)(=O)N2CC3c4ccccc4CCC3(NCc3ccc(F)cc3)C2)c1. The van der Waals surface area contributed by atoms with Crippen LogP contribution >= 0.6 is 0 Å². The second kappa shape index (κ2) is 7.55. The van der Waals surface area contributed by atoms with Crippen molar-refractivity contribution >= 4 is 10.0 Å². The van der Waals surface area contributed by atoms with E-state index in [2.05, 4.69) is 22.4 Å². The minimum absolute atomic E-state index is 0.0383. The topological polar surface area (TPSA) is 67.2 Å². The smallest absolute Gasteiger partial charge is 0.262 e. The highest BCUT2D eigenvalue weighted by Crippen LogP contribution is 2.46. The summed E-state index contributed by atoms with van der Waals surface area (Å²) >= 11 is 0. The summed E-state index contributed by atoms with van der Waals surface area (Å²) in [5.74, 6) is -0.226. The summed E-state index contributed by atoms with van der Waals surface area (Å²) in [4.78, 5) is 4.10. The monoisotopic (exact) mass is 440 g/mol. The van der Waals surface area contributed by atoms with Crippen LogP contribution in [0.5, 0.6) is 0 Å². The lowest BCUT2D eigenvalue weighted by Gasteiger charge is -2.41. The quantitative estimate of drug-likeness (QED) is 0.663. The Morgan fingerprint density at radius 2 is 1.97 bits per heavy atom. The third-order valence-corrected chi connectivity index (χ3v) is 8.32. The van der Waals surface area contributed by atoms with Crippen molar-refractivity contribution in [3.05, 3.63) is 83.6 Å². The van der Waals surface area contributed by atoms with Gasteiger partial charge in [0.1, 0.15) is 5.82 Å². The number of benzene rings is 2. The molecule has 8 heteroatoms. The van der Waals surface area contributed by atoms with Crippen LogP contribution in [0.15, 0.2) is 66.1 Å². The number of halogens is 1. The summed E-state index contributed by atoms with van der Waals surface area (Å²) < 4.78 is 43.2. The molecule has 2 aliphatic rings. The summed E-state index contributed by atoms with van der Waals surface area (Å²) in [5.41, 5.74) is 3.08. The van der Waals surface area contributed by atoms with Crippen LogP contribution in [0.1, 0.15) is 29.0 Å². The molecule has 0 spiro atoms. The Balaban J connectivity index is 1.49. The van der Waals surface area contributed by atoms with E-state index in [1.165, 1.54) is 29.6 Å². The van der Waals surface area contributed by atoms with Crippen LogP contribution in [0, 0.1) is 5.82 Å². The van der Waals surface area contributed by atoms with Gasteiger partial charge in [-0.25, -0.2) is 17.8 Å². The molecule has 0 amide bonds. The van der Waals surface area contributed by atoms with Gasteiger partial charge >= 0.3 is 0 Å². The fourth-order valence-electron chi connectivity index (χ4n) is 4.96. The van der Waals surface area contributed by atoms with Crippen molar-refractivity contribution in [3.63, 3.8) is 0 Å². The summed E-state index contributed by atoms with van der Waals surface area (Å²) in [6.07, 6.45) is 4.78. The van der Waals surface area contributed by atoms with Crippen molar-refractivity contribution in [1.82, 2.24) is 19.2 Å². The van der Waals surface area contributed by atoms with Crippen LogP contribution < -0.4 is 5.32 Å². The molecule has 0 bridgehead atoms. The molecule has 0 saturated carbocycles. The van der Waals surface area contributed by atoms with E-state index in [1.54, 1.807) is 34.2 Å². The number of hydrogen-bond acceptors (Lipinski definition) is 4. The molecule has 1 fully saturated rings. The molecule has 0 radical (unpaired) electrons. The molecule has 2 heterocycles. The number of sulfonamides is 1. The third-order valence-electron chi connectivity index (χ3n) is 6.63.